The maximum absolute atomic E-state index is 14.0. The van der Waals surface area contributed by atoms with E-state index in [2.05, 4.69) is 0 Å². The van der Waals surface area contributed by atoms with E-state index in [9.17, 15) is 32.5 Å². The van der Waals surface area contributed by atoms with Crippen LogP contribution in [0.1, 0.15) is 43.4 Å². The van der Waals surface area contributed by atoms with Crippen LogP contribution in [-0.4, -0.2) is 55.7 Å². The number of nitro benzene ring substituents is 1. The maximum Gasteiger partial charge on any atom is 0.285 e. The zero-order chi connectivity index (χ0) is 26.3. The zero-order valence-corrected chi connectivity index (χ0v) is 17.6. The Kier molecular flexibility index (Phi) is 5.11. The van der Waals surface area contributed by atoms with Gasteiger partial charge >= 0.3 is 0 Å². The highest BCUT2D eigenvalue weighted by molar-refractivity contribution is 7.90. The third-order valence-electron chi connectivity index (χ3n) is 4.70. The monoisotopic (exact) mass is 469 g/mol. The molecule has 32 heavy (non-hydrogen) atoms. The smallest absolute Gasteiger partial charge is 0.285 e. The number of hydrogen-bond donors (Lipinski definition) is 0. The van der Waals surface area contributed by atoms with Crippen molar-refractivity contribution in [2.75, 3.05) is 25.7 Å². The minimum Gasteiger partial charge on any atom is -0.493 e. The molecule has 0 aromatic heterocycles. The summed E-state index contributed by atoms with van der Waals surface area (Å²) in [6.45, 7) is 1.66. The zero-order valence-electron chi connectivity index (χ0n) is 19.8. The van der Waals surface area contributed by atoms with Crippen LogP contribution in [0.3, 0.4) is 0 Å². The van der Waals surface area contributed by atoms with Crippen LogP contribution in [0.4, 0.5) is 10.1 Å². The Balaban J connectivity index is 2.17. The van der Waals surface area contributed by atoms with Crippen molar-refractivity contribution in [1.82, 2.24) is 4.90 Å². The van der Waals surface area contributed by atoms with E-state index in [1.165, 1.54) is 18.2 Å². The summed E-state index contributed by atoms with van der Waals surface area (Å²) >= 11 is 0. The van der Waals surface area contributed by atoms with Crippen molar-refractivity contribution in [3.8, 4) is 11.5 Å². The molecule has 0 spiro atoms. The highest BCUT2D eigenvalue weighted by Crippen LogP contribution is 2.39. The number of nitro groups is 1. The van der Waals surface area contributed by atoms with E-state index in [1.807, 2.05) is 0 Å². The first-order chi connectivity index (χ1) is 16.1. The molecule has 2 aromatic rings. The van der Waals surface area contributed by atoms with E-state index < -0.39 is 68.0 Å². The Morgan fingerprint density at radius 1 is 1.22 bits per heavy atom. The van der Waals surface area contributed by atoms with Gasteiger partial charge in [0, 0.05) is 6.26 Å². The molecule has 1 aliphatic heterocycles. The number of benzene rings is 2. The van der Waals surface area contributed by atoms with Gasteiger partial charge in [-0.05, 0) is 30.7 Å². The topological polar surface area (TPSA) is 133 Å². The lowest BCUT2D eigenvalue weighted by molar-refractivity contribution is -0.385. The van der Waals surface area contributed by atoms with Crippen molar-refractivity contribution >= 4 is 27.3 Å². The Bertz CT molecular complexity index is 1330. The number of carbonyl (C=O) groups excluding carboxylic acids is 2. The molecule has 2 aromatic carbocycles. The second-order valence-corrected chi connectivity index (χ2v) is 9.12. The lowest BCUT2D eigenvalue weighted by Crippen LogP contribution is -2.37. The van der Waals surface area contributed by atoms with Gasteiger partial charge in [-0.3, -0.25) is 24.6 Å². The summed E-state index contributed by atoms with van der Waals surface area (Å²) in [6.07, 6.45) is 0.857. The molecular weight excluding hydrogens is 447 g/mol. The molecule has 0 N–H and O–H groups in total. The molecular formula is C20H19FN2O8S. The van der Waals surface area contributed by atoms with Crippen LogP contribution in [0.5, 0.6) is 11.5 Å². The number of amides is 2. The molecule has 0 fully saturated rings. The summed E-state index contributed by atoms with van der Waals surface area (Å²) in [6, 6.07) is 3.27. The first-order valence-electron chi connectivity index (χ1n) is 10.6. The van der Waals surface area contributed by atoms with E-state index in [0.717, 1.165) is 6.26 Å². The number of nitrogens with zero attached hydrogens (tertiary/aromatic N) is 2. The number of sulfone groups is 1. The minimum atomic E-state index is -3.86. The molecule has 0 radical (unpaired) electrons. The highest BCUT2D eigenvalue weighted by atomic mass is 32.2. The molecule has 0 saturated carbocycles. The largest absolute Gasteiger partial charge is 0.493 e. The van der Waals surface area contributed by atoms with Gasteiger partial charge in [-0.1, -0.05) is 6.07 Å². The molecule has 0 unspecified atom stereocenters. The first kappa shape index (κ1) is 19.2. The van der Waals surface area contributed by atoms with Crippen LogP contribution >= 0.6 is 0 Å². The lowest BCUT2D eigenvalue weighted by Gasteiger charge is -2.26. The van der Waals surface area contributed by atoms with Crippen LogP contribution in [0.15, 0.2) is 30.3 Å². The fraction of sp³-hybridized carbons (Fsp3) is 0.300. The van der Waals surface area contributed by atoms with Gasteiger partial charge in [0.05, 0.1) is 46.1 Å². The van der Waals surface area contributed by atoms with Crippen molar-refractivity contribution in [1.29, 1.82) is 0 Å². The van der Waals surface area contributed by atoms with Gasteiger partial charge in [0.1, 0.15) is 21.2 Å². The SMILES string of the molecule is [2H]C([2H])([2H])Oc1ccc([C@@H](CS(C)(=O)=O)N2C(=O)c3cc(F)cc([N+](=O)[O-])c3C2=O)cc1OCC. The second kappa shape index (κ2) is 8.54. The van der Waals surface area contributed by atoms with Crippen LogP contribution in [0, 0.1) is 15.9 Å². The highest BCUT2D eigenvalue weighted by Gasteiger charge is 2.46. The number of rotatable bonds is 8. The third kappa shape index (κ3) is 4.26. The Morgan fingerprint density at radius 3 is 2.53 bits per heavy atom. The first-order valence-corrected chi connectivity index (χ1v) is 11.2. The predicted octanol–water partition coefficient (Wildman–Crippen LogP) is 2.52. The molecule has 0 saturated heterocycles. The summed E-state index contributed by atoms with van der Waals surface area (Å²) in [5.41, 5.74) is -2.13. The standard InChI is InChI=1S/C20H19FN2O8S/c1-4-31-17-7-11(5-6-16(17)30-2)15(10-32(3,28)29)22-19(24)13-8-12(21)9-14(23(26)27)18(13)20(22)25/h5-9,15H,4,10H2,1-3H3/t15-/m1/s1/i2D3. The van der Waals surface area contributed by atoms with Gasteiger partial charge in [0.2, 0.25) is 0 Å². The molecule has 0 aliphatic carbocycles. The molecule has 2 amide bonds. The molecule has 3 rings (SSSR count). The number of hydrogen-bond acceptors (Lipinski definition) is 8. The van der Waals surface area contributed by atoms with Crippen molar-refractivity contribution < 1.29 is 40.9 Å². The van der Waals surface area contributed by atoms with Crippen LogP contribution < -0.4 is 9.47 Å². The third-order valence-corrected chi connectivity index (χ3v) is 5.62. The fourth-order valence-corrected chi connectivity index (χ4v) is 4.36. The summed E-state index contributed by atoms with van der Waals surface area (Å²) in [4.78, 5) is 37.1. The lowest BCUT2D eigenvalue weighted by atomic mass is 10.1. The Labute approximate surface area is 186 Å². The molecule has 12 heteroatoms. The van der Waals surface area contributed by atoms with Crippen LogP contribution in [-0.2, 0) is 9.84 Å². The van der Waals surface area contributed by atoms with Crippen molar-refractivity contribution in [3.05, 3.63) is 63.0 Å². The average Bonchev–Trinajstić information content (AvgIpc) is 2.95. The van der Waals surface area contributed by atoms with Gasteiger partial charge in [-0.15, -0.1) is 0 Å². The number of imide groups is 1. The summed E-state index contributed by atoms with van der Waals surface area (Å²) < 4.78 is 70.5. The number of carbonyl (C=O) groups is 2. The van der Waals surface area contributed by atoms with Gasteiger partial charge < -0.3 is 9.47 Å². The second-order valence-electron chi connectivity index (χ2n) is 6.93. The number of ether oxygens (including phenoxy) is 2. The summed E-state index contributed by atoms with van der Waals surface area (Å²) in [7, 11) is -6.69. The molecule has 10 nitrogen and oxygen atoms in total. The van der Waals surface area contributed by atoms with E-state index >= 15 is 0 Å². The van der Waals surface area contributed by atoms with E-state index in [1.54, 1.807) is 6.92 Å². The van der Waals surface area contributed by atoms with Gasteiger partial charge in [0.25, 0.3) is 17.5 Å². The summed E-state index contributed by atoms with van der Waals surface area (Å²) in [5.74, 6) is -4.50. The maximum atomic E-state index is 14.0. The minimum absolute atomic E-state index is 0.0365. The normalized spacial score (nSPS) is 16.1. The predicted molar refractivity (Wildman–Crippen MR) is 110 cm³/mol. The van der Waals surface area contributed by atoms with E-state index in [0.29, 0.717) is 17.0 Å². The van der Waals surface area contributed by atoms with Crippen LogP contribution in [0.2, 0.25) is 0 Å². The van der Waals surface area contributed by atoms with Crippen molar-refractivity contribution in [2.45, 2.75) is 13.0 Å². The van der Waals surface area contributed by atoms with E-state index in [-0.39, 0.29) is 23.7 Å². The van der Waals surface area contributed by atoms with Gasteiger partial charge in [0.15, 0.2) is 11.5 Å². The molecule has 1 heterocycles. The average molecular weight is 469 g/mol. The number of halogens is 1. The Morgan fingerprint density at radius 2 is 1.94 bits per heavy atom. The van der Waals surface area contributed by atoms with Crippen LogP contribution in [0.25, 0.3) is 0 Å². The molecule has 1 atom stereocenters. The quantitative estimate of drug-likeness (QED) is 0.327. The molecule has 0 bridgehead atoms. The Hall–Kier alpha value is -3.54. The molecule has 170 valence electrons. The summed E-state index contributed by atoms with van der Waals surface area (Å²) in [5, 5.41) is 11.4. The van der Waals surface area contributed by atoms with E-state index in [4.69, 9.17) is 13.6 Å². The number of methoxy groups -OCH3 is 1. The van der Waals surface area contributed by atoms with Gasteiger partial charge in [-0.25, -0.2) is 12.8 Å². The van der Waals surface area contributed by atoms with Crippen molar-refractivity contribution in [3.63, 3.8) is 0 Å². The van der Waals surface area contributed by atoms with Crippen molar-refractivity contribution in [2.24, 2.45) is 0 Å². The fourth-order valence-electron chi connectivity index (χ4n) is 3.45. The van der Waals surface area contributed by atoms with Gasteiger partial charge in [-0.2, -0.15) is 0 Å². The number of fused-ring (bicyclic) bond motifs is 1. The molecule has 1 aliphatic rings.